The molecule has 0 spiro atoms. The Balaban J connectivity index is 2.36. The summed E-state index contributed by atoms with van der Waals surface area (Å²) in [4.78, 5) is 2.13. The van der Waals surface area contributed by atoms with Crippen LogP contribution in [-0.2, 0) is 0 Å². The number of anilines is 1. The maximum absolute atomic E-state index is 5.87. The zero-order valence-electron chi connectivity index (χ0n) is 8.03. The molecular weight excluding hydrogens is 200 g/mol. The molecule has 1 aromatic carbocycles. The summed E-state index contributed by atoms with van der Waals surface area (Å²) in [6, 6.07) is 5.90. The highest BCUT2D eigenvalue weighted by molar-refractivity contribution is 6.30. The molecule has 0 aliphatic carbocycles. The molecule has 2 N–H and O–H groups in total. The monoisotopic (exact) mass is 212 g/mol. The summed E-state index contributed by atoms with van der Waals surface area (Å²) < 4.78 is 5.57. The Morgan fingerprint density at radius 1 is 1.64 bits per heavy atom. The van der Waals surface area contributed by atoms with E-state index in [1.54, 1.807) is 0 Å². The fraction of sp³-hybridized carbons (Fsp3) is 0.400. The third-order valence-corrected chi connectivity index (χ3v) is 2.79. The fourth-order valence-electron chi connectivity index (χ4n) is 1.62. The van der Waals surface area contributed by atoms with Crippen LogP contribution in [0.5, 0.6) is 5.75 Å². The van der Waals surface area contributed by atoms with Crippen LogP contribution in [0.4, 0.5) is 5.69 Å². The minimum Gasteiger partial charge on any atom is -0.489 e. The Bertz CT molecular complexity index is 343. The smallest absolute Gasteiger partial charge is 0.144 e. The quantitative estimate of drug-likeness (QED) is 0.767. The van der Waals surface area contributed by atoms with Crippen molar-refractivity contribution in [2.45, 2.75) is 6.04 Å². The molecule has 0 aromatic heterocycles. The van der Waals surface area contributed by atoms with Gasteiger partial charge in [-0.05, 0) is 12.1 Å². The first-order valence-electron chi connectivity index (χ1n) is 4.57. The van der Waals surface area contributed by atoms with E-state index in [2.05, 4.69) is 4.90 Å². The molecule has 0 radical (unpaired) electrons. The van der Waals surface area contributed by atoms with Gasteiger partial charge in [-0.3, -0.25) is 0 Å². The molecule has 1 aliphatic heterocycles. The van der Waals surface area contributed by atoms with Gasteiger partial charge in [-0.15, -0.1) is 0 Å². The number of nitrogens with two attached hydrogens (primary N) is 1. The maximum atomic E-state index is 5.87. The molecule has 3 nitrogen and oxygen atoms in total. The van der Waals surface area contributed by atoms with Crippen molar-refractivity contribution in [3.05, 3.63) is 23.2 Å². The fourth-order valence-corrected chi connectivity index (χ4v) is 1.78. The molecule has 14 heavy (non-hydrogen) atoms. The van der Waals surface area contributed by atoms with Gasteiger partial charge in [-0.25, -0.2) is 0 Å². The Morgan fingerprint density at radius 3 is 3.14 bits per heavy atom. The summed E-state index contributed by atoms with van der Waals surface area (Å²) in [5.41, 5.74) is 6.68. The summed E-state index contributed by atoms with van der Waals surface area (Å²) in [7, 11) is 2.02. The molecular formula is C10H13ClN2O. The Kier molecular flexibility index (Phi) is 2.52. The van der Waals surface area contributed by atoms with Gasteiger partial charge >= 0.3 is 0 Å². The molecule has 1 heterocycles. The number of fused-ring (bicyclic) bond motifs is 1. The molecule has 0 saturated heterocycles. The molecule has 0 bridgehead atoms. The van der Waals surface area contributed by atoms with Crippen molar-refractivity contribution in [1.29, 1.82) is 0 Å². The maximum Gasteiger partial charge on any atom is 0.144 e. The average Bonchev–Trinajstić information content (AvgIpc) is 2.18. The van der Waals surface area contributed by atoms with E-state index in [1.165, 1.54) is 0 Å². The number of likely N-dealkylation sites (N-methyl/N-ethyl adjacent to an activating group) is 1. The van der Waals surface area contributed by atoms with Crippen LogP contribution in [0.25, 0.3) is 0 Å². The van der Waals surface area contributed by atoms with Crippen molar-refractivity contribution in [2.24, 2.45) is 5.73 Å². The molecule has 1 unspecified atom stereocenters. The van der Waals surface area contributed by atoms with Gasteiger partial charge in [0.25, 0.3) is 0 Å². The van der Waals surface area contributed by atoms with E-state index >= 15 is 0 Å². The number of ether oxygens (including phenoxy) is 1. The molecule has 1 aromatic rings. The standard InChI is InChI=1S/C10H13ClN2O/c1-13-8(5-12)6-14-10-4-7(11)2-3-9(10)13/h2-4,8H,5-6,12H2,1H3. The summed E-state index contributed by atoms with van der Waals surface area (Å²) in [6.45, 7) is 1.22. The van der Waals surface area contributed by atoms with E-state index < -0.39 is 0 Å². The second-order valence-electron chi connectivity index (χ2n) is 3.42. The van der Waals surface area contributed by atoms with E-state index in [-0.39, 0.29) is 6.04 Å². The lowest BCUT2D eigenvalue weighted by Gasteiger charge is -2.35. The van der Waals surface area contributed by atoms with Gasteiger partial charge in [0, 0.05) is 24.7 Å². The summed E-state index contributed by atoms with van der Waals surface area (Å²) in [5, 5.41) is 0.698. The number of hydrogen-bond acceptors (Lipinski definition) is 3. The molecule has 4 heteroatoms. The van der Waals surface area contributed by atoms with Crippen LogP contribution in [0, 0.1) is 0 Å². The predicted octanol–water partition coefficient (Wildman–Crippen LogP) is 1.50. The van der Waals surface area contributed by atoms with Gasteiger partial charge in [-0.1, -0.05) is 11.6 Å². The molecule has 1 aliphatic rings. The Hall–Kier alpha value is -0.930. The van der Waals surface area contributed by atoms with Crippen LogP contribution >= 0.6 is 11.6 Å². The second-order valence-corrected chi connectivity index (χ2v) is 3.86. The van der Waals surface area contributed by atoms with Gasteiger partial charge in [0.2, 0.25) is 0 Å². The largest absolute Gasteiger partial charge is 0.489 e. The first kappa shape index (κ1) is 9.62. The SMILES string of the molecule is CN1c2ccc(Cl)cc2OCC1CN. The van der Waals surface area contributed by atoms with E-state index in [4.69, 9.17) is 22.1 Å². The van der Waals surface area contributed by atoms with E-state index in [0.717, 1.165) is 11.4 Å². The third-order valence-electron chi connectivity index (χ3n) is 2.55. The molecule has 1 atom stereocenters. The number of nitrogens with zero attached hydrogens (tertiary/aromatic N) is 1. The van der Waals surface area contributed by atoms with Gasteiger partial charge in [0.1, 0.15) is 12.4 Å². The molecule has 76 valence electrons. The van der Waals surface area contributed by atoms with E-state index in [9.17, 15) is 0 Å². The van der Waals surface area contributed by atoms with Crippen LogP contribution in [0.15, 0.2) is 18.2 Å². The second kappa shape index (κ2) is 3.67. The first-order chi connectivity index (χ1) is 6.72. The number of halogens is 1. The minimum atomic E-state index is 0.253. The first-order valence-corrected chi connectivity index (χ1v) is 4.95. The number of hydrogen-bond donors (Lipinski definition) is 1. The zero-order chi connectivity index (χ0) is 10.1. The van der Waals surface area contributed by atoms with E-state index in [1.807, 2.05) is 25.2 Å². The van der Waals surface area contributed by atoms with Crippen molar-refractivity contribution >= 4 is 17.3 Å². The van der Waals surface area contributed by atoms with Gasteiger partial charge < -0.3 is 15.4 Å². The zero-order valence-corrected chi connectivity index (χ0v) is 8.79. The molecule has 0 saturated carbocycles. The van der Waals surface area contributed by atoms with Gasteiger partial charge in [-0.2, -0.15) is 0 Å². The highest BCUT2D eigenvalue weighted by Gasteiger charge is 2.23. The molecule has 0 amide bonds. The highest BCUT2D eigenvalue weighted by Crippen LogP contribution is 2.34. The number of rotatable bonds is 1. The van der Waals surface area contributed by atoms with Crippen molar-refractivity contribution in [3.63, 3.8) is 0 Å². The molecule has 0 fully saturated rings. The van der Waals surface area contributed by atoms with E-state index in [0.29, 0.717) is 18.2 Å². The Labute approximate surface area is 88.4 Å². The van der Waals surface area contributed by atoms with Gasteiger partial charge in [0.15, 0.2) is 0 Å². The Morgan fingerprint density at radius 2 is 2.43 bits per heavy atom. The average molecular weight is 213 g/mol. The number of benzene rings is 1. The minimum absolute atomic E-state index is 0.253. The predicted molar refractivity (Wildman–Crippen MR) is 58.2 cm³/mol. The van der Waals surface area contributed by atoms with Gasteiger partial charge in [0.05, 0.1) is 11.7 Å². The third kappa shape index (κ3) is 1.53. The van der Waals surface area contributed by atoms with Crippen LogP contribution in [0.1, 0.15) is 0 Å². The lowest BCUT2D eigenvalue weighted by Crippen LogP contribution is -2.45. The lowest BCUT2D eigenvalue weighted by atomic mass is 10.2. The van der Waals surface area contributed by atoms with Crippen LogP contribution in [0.2, 0.25) is 5.02 Å². The van der Waals surface area contributed by atoms with Crippen LogP contribution in [0.3, 0.4) is 0 Å². The topological polar surface area (TPSA) is 38.5 Å². The van der Waals surface area contributed by atoms with Crippen LogP contribution < -0.4 is 15.4 Å². The van der Waals surface area contributed by atoms with Crippen molar-refractivity contribution in [1.82, 2.24) is 0 Å². The summed E-state index contributed by atoms with van der Waals surface area (Å²) in [5.74, 6) is 0.838. The summed E-state index contributed by atoms with van der Waals surface area (Å²) in [6.07, 6.45) is 0. The van der Waals surface area contributed by atoms with Crippen molar-refractivity contribution < 1.29 is 4.74 Å². The van der Waals surface area contributed by atoms with Crippen molar-refractivity contribution in [2.75, 3.05) is 25.1 Å². The van der Waals surface area contributed by atoms with Crippen molar-refractivity contribution in [3.8, 4) is 5.75 Å². The normalized spacial score (nSPS) is 20.2. The summed E-state index contributed by atoms with van der Waals surface area (Å²) >= 11 is 5.87. The highest BCUT2D eigenvalue weighted by atomic mass is 35.5. The molecule has 2 rings (SSSR count). The lowest BCUT2D eigenvalue weighted by molar-refractivity contribution is 0.269. The van der Waals surface area contributed by atoms with Crippen LogP contribution in [-0.4, -0.2) is 26.2 Å².